The topological polar surface area (TPSA) is 105 Å². The second-order valence-corrected chi connectivity index (χ2v) is 24.5. The standard InChI is InChI=1S/C47H55ClN2O6SSi/c1-46(2,3)58(38-14-6-4-7-15-38,39-16-8-5-9-17-39)56-29-33-12-10-18-43(51)40-22-19-36(40)28-50-31-47(25-11-13-34-26-37(48)21-23-41(34)47)32-55-44-24-20-35(27-42(44)50)45(52)49-57(53,54)30-33/h4-10,14-18,20-21,23-24,26-27,33,36,40,43,51H,11-13,19,22,25,28-32H2,1-3H3,(H,49,52)/b18-10+/t33-,36-,40+,43-,47-/m0/s1. The first-order valence-corrected chi connectivity index (χ1v) is 24.7. The number of aliphatic hydroxyl groups excluding tert-OH is 1. The van der Waals surface area contributed by atoms with Gasteiger partial charge >= 0.3 is 0 Å². The number of halogens is 1. The molecule has 8 rings (SSSR count). The molecule has 11 heteroatoms. The number of benzene rings is 4. The van der Waals surface area contributed by atoms with E-state index < -0.39 is 36.3 Å². The minimum Gasteiger partial charge on any atom is -0.490 e. The summed E-state index contributed by atoms with van der Waals surface area (Å²) < 4.78 is 44.3. The maximum absolute atomic E-state index is 14.0. The van der Waals surface area contributed by atoms with Crippen LogP contribution in [0.3, 0.4) is 0 Å². The number of nitrogens with zero attached hydrogens (tertiary/aromatic N) is 1. The van der Waals surface area contributed by atoms with Crippen LogP contribution in [0.25, 0.3) is 0 Å². The third-order valence-corrected chi connectivity index (χ3v) is 19.8. The molecule has 1 spiro atoms. The highest BCUT2D eigenvalue weighted by Crippen LogP contribution is 2.47. The Bertz CT molecular complexity index is 2230. The second kappa shape index (κ2) is 16.3. The van der Waals surface area contributed by atoms with E-state index >= 15 is 0 Å². The molecule has 2 bridgehead atoms. The Morgan fingerprint density at radius 3 is 2.38 bits per heavy atom. The molecule has 0 aromatic heterocycles. The highest BCUT2D eigenvalue weighted by molar-refractivity contribution is 7.90. The SMILES string of the molecule is CC(C)(C)[Si](OC[C@@H]1C/C=C/[C@H](O)[C@@H]2CC[C@H]2CN2C[C@@]3(CCCc4cc(Cl)ccc43)COc3ccc(cc32)C(=O)NS(=O)(=O)C1)(c1ccccc1)c1ccccc1. The van der Waals surface area contributed by atoms with Crippen molar-refractivity contribution in [3.05, 3.63) is 131 Å². The maximum atomic E-state index is 14.0. The van der Waals surface area contributed by atoms with E-state index in [-0.39, 0.29) is 40.2 Å². The largest absolute Gasteiger partial charge is 0.490 e. The fourth-order valence-corrected chi connectivity index (χ4v) is 16.3. The van der Waals surface area contributed by atoms with E-state index in [0.29, 0.717) is 31.9 Å². The molecule has 2 heterocycles. The molecule has 0 unspecified atom stereocenters. The number of amides is 1. The van der Waals surface area contributed by atoms with Crippen LogP contribution >= 0.6 is 11.6 Å². The van der Waals surface area contributed by atoms with Crippen LogP contribution in [0.2, 0.25) is 10.1 Å². The van der Waals surface area contributed by atoms with Gasteiger partial charge in [0.15, 0.2) is 0 Å². The molecule has 5 atom stereocenters. The van der Waals surface area contributed by atoms with Crippen molar-refractivity contribution < 1.29 is 27.5 Å². The number of rotatable bonds is 5. The van der Waals surface area contributed by atoms with E-state index in [9.17, 15) is 18.3 Å². The average Bonchev–Trinajstić information content (AvgIpc) is 3.32. The van der Waals surface area contributed by atoms with Gasteiger partial charge in [0.05, 0.1) is 24.2 Å². The molecule has 4 aliphatic rings. The van der Waals surface area contributed by atoms with Crippen LogP contribution in [0.1, 0.15) is 74.4 Å². The lowest BCUT2D eigenvalue weighted by molar-refractivity contribution is 0.0455. The molecule has 8 nitrogen and oxygen atoms in total. The maximum Gasteiger partial charge on any atom is 0.264 e. The van der Waals surface area contributed by atoms with Crippen LogP contribution < -0.4 is 24.7 Å². The van der Waals surface area contributed by atoms with Gasteiger partial charge in [-0.1, -0.05) is 111 Å². The number of carbonyl (C=O) groups excluding carboxylic acids is 1. The minimum absolute atomic E-state index is 0.0483. The van der Waals surface area contributed by atoms with Gasteiger partial charge in [0.1, 0.15) is 5.75 Å². The van der Waals surface area contributed by atoms with E-state index in [2.05, 4.69) is 66.8 Å². The lowest BCUT2D eigenvalue weighted by Gasteiger charge is -2.45. The van der Waals surface area contributed by atoms with Gasteiger partial charge in [-0.25, -0.2) is 13.1 Å². The Labute approximate surface area is 349 Å². The zero-order valence-electron chi connectivity index (χ0n) is 33.7. The molecule has 58 heavy (non-hydrogen) atoms. The number of anilines is 1. The molecule has 2 aliphatic heterocycles. The van der Waals surface area contributed by atoms with Gasteiger partial charge in [0.25, 0.3) is 14.2 Å². The number of fused-ring (bicyclic) bond motifs is 4. The summed E-state index contributed by atoms with van der Waals surface area (Å²) in [6, 6.07) is 31.9. The number of carbonyl (C=O) groups is 1. The number of sulfonamides is 1. The predicted octanol–water partition coefficient (Wildman–Crippen LogP) is 7.41. The van der Waals surface area contributed by atoms with Crippen LogP contribution in [0.5, 0.6) is 5.75 Å². The zero-order valence-corrected chi connectivity index (χ0v) is 36.3. The Morgan fingerprint density at radius 1 is 0.983 bits per heavy atom. The van der Waals surface area contributed by atoms with E-state index in [0.717, 1.165) is 53.2 Å². The van der Waals surface area contributed by atoms with Crippen molar-refractivity contribution in [1.29, 1.82) is 0 Å². The molecular weight excluding hydrogens is 784 g/mol. The minimum atomic E-state index is -4.13. The molecular formula is C47H55ClN2O6SSi. The van der Waals surface area contributed by atoms with Gasteiger partial charge in [-0.05, 0) is 107 Å². The van der Waals surface area contributed by atoms with Crippen molar-refractivity contribution in [3.8, 4) is 5.75 Å². The first-order valence-electron chi connectivity index (χ1n) is 20.7. The average molecular weight is 840 g/mol. The molecule has 1 amide bonds. The summed E-state index contributed by atoms with van der Waals surface area (Å²) >= 11 is 6.46. The second-order valence-electron chi connectivity index (χ2n) is 18.0. The summed E-state index contributed by atoms with van der Waals surface area (Å²) in [6.07, 6.45) is 8.23. The summed E-state index contributed by atoms with van der Waals surface area (Å²) in [6.45, 7) is 8.54. The number of nitrogens with one attached hydrogen (secondary N) is 1. The van der Waals surface area contributed by atoms with Crippen molar-refractivity contribution in [1.82, 2.24) is 4.72 Å². The van der Waals surface area contributed by atoms with Gasteiger partial charge in [0, 0.05) is 41.6 Å². The van der Waals surface area contributed by atoms with Gasteiger partial charge < -0.3 is 19.2 Å². The highest BCUT2D eigenvalue weighted by atomic mass is 35.5. The molecule has 0 saturated heterocycles. The molecule has 4 aromatic rings. The summed E-state index contributed by atoms with van der Waals surface area (Å²) in [7, 11) is -7.11. The summed E-state index contributed by atoms with van der Waals surface area (Å²) in [5.41, 5.74) is 3.20. The van der Waals surface area contributed by atoms with Crippen LogP contribution in [-0.2, 0) is 26.3 Å². The molecule has 0 radical (unpaired) electrons. The number of aliphatic hydroxyl groups is 1. The normalized spacial score (nSPS) is 26.6. The number of aryl methyl sites for hydroxylation is 1. The van der Waals surface area contributed by atoms with Crippen LogP contribution in [0.4, 0.5) is 5.69 Å². The zero-order chi connectivity index (χ0) is 40.7. The number of hydrogen-bond donors (Lipinski definition) is 2. The molecule has 2 N–H and O–H groups in total. The van der Waals surface area contributed by atoms with Gasteiger partial charge in [-0.15, -0.1) is 0 Å². The molecule has 4 aromatic carbocycles. The summed E-state index contributed by atoms with van der Waals surface area (Å²) in [5, 5.41) is 14.3. The Kier molecular flexibility index (Phi) is 11.4. The van der Waals surface area contributed by atoms with Crippen LogP contribution in [-0.4, -0.2) is 65.9 Å². The van der Waals surface area contributed by atoms with Crippen molar-refractivity contribution in [3.63, 3.8) is 0 Å². The monoisotopic (exact) mass is 838 g/mol. The van der Waals surface area contributed by atoms with E-state index in [1.54, 1.807) is 18.2 Å². The third kappa shape index (κ3) is 8.03. The molecule has 1 saturated carbocycles. The van der Waals surface area contributed by atoms with Crippen molar-refractivity contribution in [2.45, 2.75) is 75.9 Å². The van der Waals surface area contributed by atoms with Crippen molar-refractivity contribution >= 4 is 51.9 Å². The first kappa shape index (κ1) is 40.8. The number of hydrogen-bond acceptors (Lipinski definition) is 7. The first-order chi connectivity index (χ1) is 27.8. The Balaban J connectivity index is 1.12. The molecule has 306 valence electrons. The van der Waals surface area contributed by atoms with Crippen LogP contribution in [0, 0.1) is 17.8 Å². The molecule has 1 fully saturated rings. The smallest absolute Gasteiger partial charge is 0.264 e. The Morgan fingerprint density at radius 2 is 1.71 bits per heavy atom. The van der Waals surface area contributed by atoms with Gasteiger partial charge in [-0.2, -0.15) is 0 Å². The number of ether oxygens (including phenoxy) is 1. The highest BCUT2D eigenvalue weighted by Gasteiger charge is 2.51. The van der Waals surface area contributed by atoms with Crippen molar-refractivity contribution in [2.75, 3.05) is 37.0 Å². The van der Waals surface area contributed by atoms with Crippen molar-refractivity contribution in [2.24, 2.45) is 17.8 Å². The Hall–Kier alpha value is -3.93. The van der Waals surface area contributed by atoms with E-state index in [1.807, 2.05) is 54.6 Å². The van der Waals surface area contributed by atoms with E-state index in [4.69, 9.17) is 20.8 Å². The fraction of sp³-hybridized carbons (Fsp3) is 0.426. The predicted molar refractivity (Wildman–Crippen MR) is 235 cm³/mol. The fourth-order valence-electron chi connectivity index (χ4n) is 10.1. The van der Waals surface area contributed by atoms with Gasteiger partial charge in [-0.3, -0.25) is 4.79 Å². The van der Waals surface area contributed by atoms with Crippen LogP contribution in [0.15, 0.2) is 109 Å². The lowest BCUT2D eigenvalue weighted by atomic mass is 9.68. The number of allylic oxidation sites excluding steroid dienone is 1. The van der Waals surface area contributed by atoms with Gasteiger partial charge in [0.2, 0.25) is 10.0 Å². The quantitative estimate of drug-likeness (QED) is 0.159. The molecule has 2 aliphatic carbocycles. The summed E-state index contributed by atoms with van der Waals surface area (Å²) in [5.74, 6) is -0.569. The van der Waals surface area contributed by atoms with E-state index in [1.165, 1.54) is 11.1 Å². The lowest BCUT2D eigenvalue weighted by Crippen LogP contribution is -2.67. The third-order valence-electron chi connectivity index (χ3n) is 13.1. The summed E-state index contributed by atoms with van der Waals surface area (Å²) in [4.78, 5) is 16.3.